The van der Waals surface area contributed by atoms with Crippen LogP contribution >= 0.6 is 0 Å². The predicted octanol–water partition coefficient (Wildman–Crippen LogP) is 1.24. The van der Waals surface area contributed by atoms with Crippen molar-refractivity contribution in [2.24, 2.45) is 0 Å². The number of aromatic nitrogens is 4. The lowest BCUT2D eigenvalue weighted by atomic mass is 10.1. The maximum Gasteiger partial charge on any atom is 0.263 e. The Kier molecular flexibility index (Phi) is 4.44. The number of nitrogens with one attached hydrogen (secondary N) is 2. The largest absolute Gasteiger partial charge is 0.373 e. The molecule has 0 spiro atoms. The van der Waals surface area contributed by atoms with Crippen LogP contribution in [0.15, 0.2) is 41.3 Å². The van der Waals surface area contributed by atoms with Gasteiger partial charge in [-0.3, -0.25) is 9.78 Å². The van der Waals surface area contributed by atoms with E-state index in [-0.39, 0.29) is 17.7 Å². The molecule has 8 nitrogen and oxygen atoms in total. The van der Waals surface area contributed by atoms with Crippen LogP contribution in [-0.2, 0) is 4.74 Å². The van der Waals surface area contributed by atoms with Crippen molar-refractivity contribution in [1.82, 2.24) is 24.6 Å². The van der Waals surface area contributed by atoms with Crippen LogP contribution in [0.5, 0.6) is 0 Å². The second-order valence-corrected chi connectivity index (χ2v) is 6.65. The summed E-state index contributed by atoms with van der Waals surface area (Å²) in [6.45, 7) is 4.50. The van der Waals surface area contributed by atoms with E-state index in [4.69, 9.17) is 4.74 Å². The maximum atomic E-state index is 12.4. The Bertz CT molecular complexity index is 951. The Morgan fingerprint density at radius 2 is 2.15 bits per heavy atom. The van der Waals surface area contributed by atoms with Gasteiger partial charge in [0.25, 0.3) is 5.56 Å². The molecule has 136 valence electrons. The van der Waals surface area contributed by atoms with E-state index in [1.165, 1.54) is 0 Å². The third-order valence-electron chi connectivity index (χ3n) is 4.66. The van der Waals surface area contributed by atoms with Gasteiger partial charge in [0, 0.05) is 13.1 Å². The molecular formula is C18H22N6O2. The Hall–Kier alpha value is -2.71. The van der Waals surface area contributed by atoms with Crippen LogP contribution in [0.25, 0.3) is 16.7 Å². The highest BCUT2D eigenvalue weighted by molar-refractivity contribution is 5.76. The van der Waals surface area contributed by atoms with Gasteiger partial charge in [-0.2, -0.15) is 10.1 Å². The molecule has 0 bridgehead atoms. The van der Waals surface area contributed by atoms with Crippen molar-refractivity contribution >= 4 is 17.0 Å². The van der Waals surface area contributed by atoms with Gasteiger partial charge in [-0.15, -0.1) is 0 Å². The zero-order valence-corrected chi connectivity index (χ0v) is 14.8. The van der Waals surface area contributed by atoms with Crippen LogP contribution in [0.3, 0.4) is 0 Å². The molecule has 3 heterocycles. The minimum atomic E-state index is -0.214. The van der Waals surface area contributed by atoms with Gasteiger partial charge in [-0.1, -0.05) is 18.2 Å². The molecule has 8 heteroatoms. The van der Waals surface area contributed by atoms with Crippen LogP contribution in [0.2, 0.25) is 0 Å². The summed E-state index contributed by atoms with van der Waals surface area (Å²) < 4.78 is 7.51. The topological polar surface area (TPSA) is 88.1 Å². The van der Waals surface area contributed by atoms with E-state index in [1.807, 2.05) is 37.3 Å². The average molecular weight is 354 g/mol. The summed E-state index contributed by atoms with van der Waals surface area (Å²) in [5, 5.41) is 8.05. The number of H-pyrrole nitrogens is 1. The molecule has 4 rings (SSSR count). The van der Waals surface area contributed by atoms with E-state index < -0.39 is 0 Å². The summed E-state index contributed by atoms with van der Waals surface area (Å²) in [4.78, 5) is 22.0. The van der Waals surface area contributed by atoms with Gasteiger partial charge >= 0.3 is 0 Å². The molecule has 1 saturated heterocycles. The summed E-state index contributed by atoms with van der Waals surface area (Å²) >= 11 is 0. The van der Waals surface area contributed by atoms with Crippen LogP contribution in [-0.4, -0.2) is 63.5 Å². The minimum absolute atomic E-state index is 0.00597. The van der Waals surface area contributed by atoms with E-state index in [0.717, 1.165) is 18.8 Å². The van der Waals surface area contributed by atoms with Gasteiger partial charge < -0.3 is 15.0 Å². The Morgan fingerprint density at radius 1 is 1.35 bits per heavy atom. The summed E-state index contributed by atoms with van der Waals surface area (Å²) in [5.41, 5.74) is 1.17. The fourth-order valence-electron chi connectivity index (χ4n) is 3.17. The number of fused-ring (bicyclic) bond motifs is 1. The molecule has 0 aliphatic carbocycles. The van der Waals surface area contributed by atoms with E-state index >= 15 is 0 Å². The van der Waals surface area contributed by atoms with Gasteiger partial charge in [0.15, 0.2) is 5.65 Å². The first-order valence-electron chi connectivity index (χ1n) is 8.72. The monoisotopic (exact) mass is 354 g/mol. The van der Waals surface area contributed by atoms with Gasteiger partial charge in [-0.05, 0) is 26.1 Å². The highest BCUT2D eigenvalue weighted by atomic mass is 16.5. The minimum Gasteiger partial charge on any atom is -0.373 e. The molecule has 0 saturated carbocycles. The van der Waals surface area contributed by atoms with Crippen LogP contribution in [0.4, 0.5) is 5.95 Å². The fourth-order valence-corrected chi connectivity index (χ4v) is 3.17. The number of anilines is 1. The molecule has 2 atom stereocenters. The van der Waals surface area contributed by atoms with Crippen molar-refractivity contribution in [2.45, 2.75) is 19.1 Å². The lowest BCUT2D eigenvalue weighted by molar-refractivity contribution is -0.0260. The number of benzene rings is 1. The molecule has 26 heavy (non-hydrogen) atoms. The van der Waals surface area contributed by atoms with Crippen molar-refractivity contribution in [3.8, 4) is 5.69 Å². The molecule has 1 aromatic carbocycles. The second kappa shape index (κ2) is 6.89. The zero-order valence-electron chi connectivity index (χ0n) is 14.8. The quantitative estimate of drug-likeness (QED) is 0.733. The van der Waals surface area contributed by atoms with E-state index in [9.17, 15) is 4.79 Å². The number of aromatic amines is 1. The third kappa shape index (κ3) is 3.21. The Labute approximate surface area is 150 Å². The first-order valence-corrected chi connectivity index (χ1v) is 8.72. The number of para-hydroxylation sites is 1. The number of hydrogen-bond acceptors (Lipinski definition) is 6. The second-order valence-electron chi connectivity index (χ2n) is 6.65. The Morgan fingerprint density at radius 3 is 2.92 bits per heavy atom. The first-order chi connectivity index (χ1) is 12.6. The van der Waals surface area contributed by atoms with E-state index in [2.05, 4.69) is 32.3 Å². The molecule has 1 fully saturated rings. The van der Waals surface area contributed by atoms with E-state index in [1.54, 1.807) is 10.9 Å². The summed E-state index contributed by atoms with van der Waals surface area (Å²) in [6.07, 6.45) is 1.58. The summed E-state index contributed by atoms with van der Waals surface area (Å²) in [5.74, 6) is 0.421. The van der Waals surface area contributed by atoms with Crippen molar-refractivity contribution < 1.29 is 4.74 Å². The number of likely N-dealkylation sites (N-methyl/N-ethyl adjacent to an activating group) is 1. The van der Waals surface area contributed by atoms with Gasteiger partial charge in [0.05, 0.1) is 30.6 Å². The van der Waals surface area contributed by atoms with Crippen molar-refractivity contribution in [1.29, 1.82) is 0 Å². The van der Waals surface area contributed by atoms with E-state index in [0.29, 0.717) is 23.6 Å². The number of morpholine rings is 1. The van der Waals surface area contributed by atoms with Crippen LogP contribution in [0, 0.1) is 0 Å². The molecule has 3 aromatic rings. The van der Waals surface area contributed by atoms with Crippen molar-refractivity contribution in [3.05, 3.63) is 46.9 Å². The molecule has 0 radical (unpaired) electrons. The Balaban J connectivity index is 1.65. The standard InChI is InChI=1S/C18H22N6O2/c1-12(15-11-23(2)8-9-26-15)20-18-21-16-14(17(25)22-18)10-19-24(16)13-6-4-3-5-7-13/h3-7,10,12,15H,8-9,11H2,1-2H3,(H2,20,21,22,25). The van der Waals surface area contributed by atoms with Crippen LogP contribution in [0.1, 0.15) is 6.92 Å². The smallest absolute Gasteiger partial charge is 0.263 e. The highest BCUT2D eigenvalue weighted by Crippen LogP contribution is 2.16. The normalized spacial score (nSPS) is 19.5. The average Bonchev–Trinajstić information content (AvgIpc) is 3.07. The number of hydrogen-bond donors (Lipinski definition) is 2. The highest BCUT2D eigenvalue weighted by Gasteiger charge is 2.24. The number of ether oxygens (including phenoxy) is 1. The van der Waals surface area contributed by atoms with Gasteiger partial charge in [-0.25, -0.2) is 4.68 Å². The predicted molar refractivity (Wildman–Crippen MR) is 99.8 cm³/mol. The first kappa shape index (κ1) is 16.7. The van der Waals surface area contributed by atoms with Crippen molar-refractivity contribution in [3.63, 3.8) is 0 Å². The summed E-state index contributed by atoms with van der Waals surface area (Å²) in [7, 11) is 2.08. The van der Waals surface area contributed by atoms with Gasteiger partial charge in [0.1, 0.15) is 5.39 Å². The summed E-state index contributed by atoms with van der Waals surface area (Å²) in [6, 6.07) is 9.65. The third-order valence-corrected chi connectivity index (χ3v) is 4.66. The lowest BCUT2D eigenvalue weighted by Crippen LogP contribution is -2.47. The molecular weight excluding hydrogens is 332 g/mol. The van der Waals surface area contributed by atoms with Crippen molar-refractivity contribution in [2.75, 3.05) is 32.1 Å². The van der Waals surface area contributed by atoms with Crippen LogP contribution < -0.4 is 10.9 Å². The van der Waals surface area contributed by atoms with Gasteiger partial charge in [0.2, 0.25) is 5.95 Å². The number of nitrogens with zero attached hydrogens (tertiary/aromatic N) is 4. The molecule has 1 aliphatic rings. The molecule has 2 unspecified atom stereocenters. The number of rotatable bonds is 4. The fraction of sp³-hybridized carbons (Fsp3) is 0.389. The molecule has 1 aliphatic heterocycles. The molecule has 2 N–H and O–H groups in total. The molecule has 0 amide bonds. The molecule has 2 aromatic heterocycles. The lowest BCUT2D eigenvalue weighted by Gasteiger charge is -2.34. The zero-order chi connectivity index (χ0) is 18.1. The maximum absolute atomic E-state index is 12.4. The SMILES string of the molecule is CC(Nc1nc2c(cnn2-c2ccccc2)c(=O)[nH]1)C1CN(C)CCO1.